The fourth-order valence-electron chi connectivity index (χ4n) is 1.62. The quantitative estimate of drug-likeness (QED) is 0.610. The van der Waals surface area contributed by atoms with Gasteiger partial charge < -0.3 is 10.6 Å². The van der Waals surface area contributed by atoms with Crippen LogP contribution in [0.2, 0.25) is 0 Å². The molecule has 20 heavy (non-hydrogen) atoms. The van der Waals surface area contributed by atoms with Gasteiger partial charge in [0.05, 0.1) is 4.92 Å². The fourth-order valence-corrected chi connectivity index (χ4v) is 1.94. The molecular weight excluding hydrogens is 328 g/mol. The van der Waals surface area contributed by atoms with E-state index in [-0.39, 0.29) is 35.9 Å². The molecule has 8 heteroatoms. The topological polar surface area (TPSA) is 97.2 Å². The van der Waals surface area contributed by atoms with Crippen molar-refractivity contribution in [3.05, 3.63) is 26.9 Å². The van der Waals surface area contributed by atoms with Gasteiger partial charge in [-0.05, 0) is 36.7 Å². The van der Waals surface area contributed by atoms with E-state index in [1.54, 1.807) is 6.92 Å². The third-order valence-electron chi connectivity index (χ3n) is 2.36. The Kier molecular flexibility index (Phi) is 5.87. The van der Waals surface area contributed by atoms with Gasteiger partial charge in [-0.2, -0.15) is 0 Å². The van der Waals surface area contributed by atoms with Crippen LogP contribution in [0.15, 0.2) is 16.7 Å². The van der Waals surface area contributed by atoms with E-state index >= 15 is 0 Å². The first kappa shape index (κ1) is 16.4. The number of nitrogens with one attached hydrogen (secondary N) is 2. The molecule has 0 unspecified atom stereocenters. The van der Waals surface area contributed by atoms with Crippen molar-refractivity contribution in [3.63, 3.8) is 0 Å². The Morgan fingerprint density at radius 3 is 2.70 bits per heavy atom. The molecule has 0 aliphatic carbocycles. The van der Waals surface area contributed by atoms with Crippen molar-refractivity contribution in [3.8, 4) is 0 Å². The van der Waals surface area contributed by atoms with Gasteiger partial charge in [0.15, 0.2) is 0 Å². The maximum atomic E-state index is 11.6. The Bertz CT molecular complexity index is 507. The average Bonchev–Trinajstić information content (AvgIpc) is 2.29. The second-order valence-corrected chi connectivity index (χ2v) is 5.67. The number of pyridine rings is 1. The summed E-state index contributed by atoms with van der Waals surface area (Å²) in [7, 11) is 0. The van der Waals surface area contributed by atoms with Gasteiger partial charge in [-0.3, -0.25) is 14.9 Å². The largest absolute Gasteiger partial charge is 0.361 e. The van der Waals surface area contributed by atoms with Crippen LogP contribution in [0.1, 0.15) is 27.2 Å². The summed E-state index contributed by atoms with van der Waals surface area (Å²) < 4.78 is 0.528. The first-order valence-corrected chi connectivity index (χ1v) is 6.94. The Morgan fingerprint density at radius 2 is 2.15 bits per heavy atom. The molecule has 0 spiro atoms. The van der Waals surface area contributed by atoms with E-state index in [9.17, 15) is 14.9 Å². The second kappa shape index (κ2) is 7.18. The minimum Gasteiger partial charge on any atom is -0.361 e. The van der Waals surface area contributed by atoms with Crippen molar-refractivity contribution >= 4 is 33.3 Å². The summed E-state index contributed by atoms with van der Waals surface area (Å²) in [6.45, 7) is 5.52. The van der Waals surface area contributed by atoms with E-state index in [2.05, 4.69) is 31.5 Å². The van der Waals surface area contributed by atoms with Crippen LogP contribution in [0, 0.1) is 10.1 Å². The summed E-state index contributed by atoms with van der Waals surface area (Å²) in [5, 5.41) is 16.6. The smallest absolute Gasteiger partial charge is 0.312 e. The number of carbonyl (C=O) groups is 1. The van der Waals surface area contributed by atoms with Crippen LogP contribution in [0.4, 0.5) is 11.5 Å². The lowest BCUT2D eigenvalue weighted by molar-refractivity contribution is -0.384. The SMILES string of the molecule is CC(C)NC(=O)C[C@@H](C)Nc1ncc(Br)cc1[N+](=O)[O-]. The van der Waals surface area contributed by atoms with Crippen molar-refractivity contribution in [1.29, 1.82) is 0 Å². The fraction of sp³-hybridized carbons (Fsp3) is 0.500. The highest BCUT2D eigenvalue weighted by Gasteiger charge is 2.18. The van der Waals surface area contributed by atoms with Gasteiger partial charge in [0, 0.05) is 35.2 Å². The van der Waals surface area contributed by atoms with Gasteiger partial charge in [-0.15, -0.1) is 0 Å². The van der Waals surface area contributed by atoms with E-state index in [1.165, 1.54) is 12.3 Å². The third-order valence-corrected chi connectivity index (χ3v) is 2.79. The molecule has 1 heterocycles. The van der Waals surface area contributed by atoms with E-state index in [0.717, 1.165) is 0 Å². The molecule has 0 fully saturated rings. The summed E-state index contributed by atoms with van der Waals surface area (Å²) in [6, 6.07) is 1.17. The van der Waals surface area contributed by atoms with Gasteiger partial charge in [-0.25, -0.2) is 4.98 Å². The first-order chi connectivity index (χ1) is 9.29. The van der Waals surface area contributed by atoms with Crippen molar-refractivity contribution in [2.45, 2.75) is 39.3 Å². The highest BCUT2D eigenvalue weighted by atomic mass is 79.9. The minimum atomic E-state index is -0.513. The highest BCUT2D eigenvalue weighted by molar-refractivity contribution is 9.10. The van der Waals surface area contributed by atoms with Gasteiger partial charge in [0.2, 0.25) is 11.7 Å². The van der Waals surface area contributed by atoms with E-state index in [1.807, 2.05) is 13.8 Å². The highest BCUT2D eigenvalue weighted by Crippen LogP contribution is 2.25. The number of hydrogen-bond donors (Lipinski definition) is 2. The number of nitro groups is 1. The number of carbonyl (C=O) groups excluding carboxylic acids is 1. The molecule has 1 rings (SSSR count). The summed E-state index contributed by atoms with van der Waals surface area (Å²) >= 11 is 3.14. The molecule has 0 aliphatic heterocycles. The molecule has 1 atom stereocenters. The van der Waals surface area contributed by atoms with E-state index in [4.69, 9.17) is 0 Å². The molecule has 2 N–H and O–H groups in total. The summed E-state index contributed by atoms with van der Waals surface area (Å²) in [5.41, 5.74) is -0.129. The third kappa shape index (κ3) is 5.12. The molecule has 1 amide bonds. The summed E-state index contributed by atoms with van der Waals surface area (Å²) in [6.07, 6.45) is 1.68. The molecule has 0 saturated carbocycles. The number of aromatic nitrogens is 1. The maximum absolute atomic E-state index is 11.6. The van der Waals surface area contributed by atoms with Crippen molar-refractivity contribution in [2.24, 2.45) is 0 Å². The van der Waals surface area contributed by atoms with Crippen molar-refractivity contribution in [2.75, 3.05) is 5.32 Å². The van der Waals surface area contributed by atoms with E-state index < -0.39 is 4.92 Å². The molecule has 0 saturated heterocycles. The number of hydrogen-bond acceptors (Lipinski definition) is 5. The molecule has 0 bridgehead atoms. The van der Waals surface area contributed by atoms with Crippen LogP contribution >= 0.6 is 15.9 Å². The van der Waals surface area contributed by atoms with Crippen molar-refractivity contribution < 1.29 is 9.72 Å². The number of amides is 1. The number of halogens is 1. The lowest BCUT2D eigenvalue weighted by Gasteiger charge is -2.15. The predicted octanol–water partition coefficient (Wildman–Crippen LogP) is 2.47. The molecule has 1 aromatic heterocycles. The molecule has 0 radical (unpaired) electrons. The van der Waals surface area contributed by atoms with Crippen LogP contribution in [-0.4, -0.2) is 27.9 Å². The first-order valence-electron chi connectivity index (χ1n) is 6.15. The number of anilines is 1. The molecule has 0 aromatic carbocycles. The molecular formula is C12H17BrN4O3. The zero-order valence-corrected chi connectivity index (χ0v) is 13.1. The number of rotatable bonds is 6. The lowest BCUT2D eigenvalue weighted by Crippen LogP contribution is -2.34. The second-order valence-electron chi connectivity index (χ2n) is 4.75. The van der Waals surface area contributed by atoms with Gasteiger partial charge in [0.1, 0.15) is 0 Å². The molecule has 110 valence electrons. The summed E-state index contributed by atoms with van der Waals surface area (Å²) in [4.78, 5) is 26.0. The predicted molar refractivity (Wildman–Crippen MR) is 79.6 cm³/mol. The molecule has 7 nitrogen and oxygen atoms in total. The van der Waals surface area contributed by atoms with Crippen LogP contribution in [0.5, 0.6) is 0 Å². The lowest BCUT2D eigenvalue weighted by atomic mass is 10.2. The Balaban J connectivity index is 2.73. The van der Waals surface area contributed by atoms with Crippen LogP contribution < -0.4 is 10.6 Å². The molecule has 0 aliphatic rings. The minimum absolute atomic E-state index is 0.0647. The standard InChI is InChI=1S/C12H17BrN4O3/c1-7(2)15-11(18)4-8(3)16-12-10(17(19)20)5-9(13)6-14-12/h5-8H,4H2,1-3H3,(H,14,16)(H,15,18)/t8-/m1/s1. The Labute approximate surface area is 125 Å². The Hall–Kier alpha value is -1.70. The van der Waals surface area contributed by atoms with E-state index in [0.29, 0.717) is 4.47 Å². The number of nitrogens with zero attached hydrogens (tertiary/aromatic N) is 2. The zero-order valence-electron chi connectivity index (χ0n) is 11.5. The van der Waals surface area contributed by atoms with Crippen LogP contribution in [0.3, 0.4) is 0 Å². The van der Waals surface area contributed by atoms with Crippen molar-refractivity contribution in [1.82, 2.24) is 10.3 Å². The Morgan fingerprint density at radius 1 is 1.50 bits per heavy atom. The maximum Gasteiger partial charge on any atom is 0.312 e. The normalized spacial score (nSPS) is 12.1. The van der Waals surface area contributed by atoms with Crippen LogP contribution in [0.25, 0.3) is 0 Å². The zero-order chi connectivity index (χ0) is 15.3. The molecule has 1 aromatic rings. The van der Waals surface area contributed by atoms with Gasteiger partial charge in [-0.1, -0.05) is 0 Å². The monoisotopic (exact) mass is 344 g/mol. The average molecular weight is 345 g/mol. The van der Waals surface area contributed by atoms with Gasteiger partial charge in [0.25, 0.3) is 0 Å². The van der Waals surface area contributed by atoms with Crippen LogP contribution in [-0.2, 0) is 4.79 Å². The summed E-state index contributed by atoms with van der Waals surface area (Å²) in [5.74, 6) is 0.0443. The van der Waals surface area contributed by atoms with Gasteiger partial charge >= 0.3 is 5.69 Å².